The Labute approximate surface area is 182 Å². The van der Waals surface area contributed by atoms with E-state index < -0.39 is 74.0 Å². The van der Waals surface area contributed by atoms with Gasteiger partial charge in [-0.3, -0.25) is 0 Å². The van der Waals surface area contributed by atoms with Crippen LogP contribution in [0.4, 0.5) is 0 Å². The van der Waals surface area contributed by atoms with E-state index in [9.17, 15) is 19.8 Å². The predicted octanol–water partition coefficient (Wildman–Crippen LogP) is -10.0. The SMILES string of the molecule is O=C([O-])[C@H](O)[C@@H](O)[C@H](O)[C@@H](O)CO.O=C([O-])[C@H](O)[C@@H](O)[C@H](O)[C@@H](O)CO.[Ca+2]. The topological polar surface area (TPSA) is 283 Å². The average Bonchev–Trinajstić information content (AvgIpc) is 2.62. The van der Waals surface area contributed by atoms with Gasteiger partial charge in [0.1, 0.15) is 48.8 Å². The maximum absolute atomic E-state index is 9.98. The molecule has 0 rings (SSSR count). The molecule has 0 aromatic carbocycles. The number of carboxylic acid groups (broad SMARTS) is 2. The zero-order valence-corrected chi connectivity index (χ0v) is 16.1. The van der Waals surface area contributed by atoms with E-state index in [-0.39, 0.29) is 37.7 Å². The monoisotopic (exact) mass is 430 g/mol. The van der Waals surface area contributed by atoms with Crippen LogP contribution in [0.25, 0.3) is 0 Å². The molecule has 14 nitrogen and oxygen atoms in total. The van der Waals surface area contributed by atoms with Crippen molar-refractivity contribution in [2.75, 3.05) is 13.2 Å². The van der Waals surface area contributed by atoms with Crippen LogP contribution in [0.2, 0.25) is 0 Å². The van der Waals surface area contributed by atoms with Crippen LogP contribution in [0.1, 0.15) is 0 Å². The van der Waals surface area contributed by atoms with Crippen LogP contribution in [0.15, 0.2) is 0 Å². The minimum absolute atomic E-state index is 0. The Hall–Kier alpha value is -0.200. The molecule has 0 spiro atoms. The van der Waals surface area contributed by atoms with Crippen LogP contribution in [-0.2, 0) is 9.59 Å². The van der Waals surface area contributed by atoms with Gasteiger partial charge in [-0.15, -0.1) is 0 Å². The molecular weight excluding hydrogens is 408 g/mol. The van der Waals surface area contributed by atoms with Crippen molar-refractivity contribution in [1.29, 1.82) is 0 Å². The zero-order valence-electron chi connectivity index (χ0n) is 13.8. The van der Waals surface area contributed by atoms with Gasteiger partial charge in [0, 0.05) is 0 Å². The molecule has 0 saturated carbocycles. The fraction of sp³-hybridized carbons (Fsp3) is 0.833. The van der Waals surface area contributed by atoms with E-state index in [1.807, 2.05) is 0 Å². The standard InChI is InChI=1S/2C6H12O7.Ca/c2*7-1-2(8)3(9)4(10)5(11)6(12)13;/h2*2-5,7-11H,1H2,(H,12,13);/q;;+2/p-2/t2*2-,3+,4-,5+;/m00./s1. The molecule has 15 heteroatoms. The van der Waals surface area contributed by atoms with Gasteiger partial charge in [-0.1, -0.05) is 0 Å². The van der Waals surface area contributed by atoms with Gasteiger partial charge >= 0.3 is 37.7 Å². The molecule has 27 heavy (non-hydrogen) atoms. The summed E-state index contributed by atoms with van der Waals surface area (Å²) in [6.45, 7) is -1.73. The van der Waals surface area contributed by atoms with Gasteiger partial charge in [-0.05, 0) is 0 Å². The van der Waals surface area contributed by atoms with E-state index in [1.165, 1.54) is 0 Å². The molecule has 0 heterocycles. The van der Waals surface area contributed by atoms with Gasteiger partial charge in [0.2, 0.25) is 0 Å². The summed E-state index contributed by atoms with van der Waals surface area (Å²) in [6.07, 6.45) is -16.2. The maximum Gasteiger partial charge on any atom is 2.00 e. The van der Waals surface area contributed by atoms with Crippen molar-refractivity contribution in [2.45, 2.75) is 48.8 Å². The first-order chi connectivity index (χ1) is 11.8. The third kappa shape index (κ3) is 11.4. The van der Waals surface area contributed by atoms with Crippen molar-refractivity contribution in [3.8, 4) is 0 Å². The second-order valence-electron chi connectivity index (χ2n) is 4.99. The molecule has 0 amide bonds. The van der Waals surface area contributed by atoms with E-state index in [1.54, 1.807) is 0 Å². The summed E-state index contributed by atoms with van der Waals surface area (Å²) in [5.41, 5.74) is 0. The molecule has 0 unspecified atom stereocenters. The van der Waals surface area contributed by atoms with Crippen molar-refractivity contribution in [1.82, 2.24) is 0 Å². The first-order valence-corrected chi connectivity index (χ1v) is 6.91. The van der Waals surface area contributed by atoms with Gasteiger partial charge in [-0.2, -0.15) is 0 Å². The van der Waals surface area contributed by atoms with E-state index >= 15 is 0 Å². The second kappa shape index (κ2) is 15.7. The molecule has 0 aromatic rings. The van der Waals surface area contributed by atoms with Crippen LogP contribution in [0.3, 0.4) is 0 Å². The maximum atomic E-state index is 9.98. The Morgan fingerprint density at radius 2 is 0.815 bits per heavy atom. The van der Waals surface area contributed by atoms with Crippen LogP contribution >= 0.6 is 0 Å². The molecule has 0 aliphatic carbocycles. The number of carbonyl (C=O) groups excluding carboxylic acids is 2. The van der Waals surface area contributed by atoms with E-state index in [2.05, 4.69) is 0 Å². The molecule has 0 fully saturated rings. The first kappa shape index (κ1) is 31.5. The Bertz CT molecular complexity index is 385. The predicted molar refractivity (Wildman–Crippen MR) is 78.0 cm³/mol. The van der Waals surface area contributed by atoms with Crippen LogP contribution in [0, 0.1) is 0 Å². The summed E-state index contributed by atoms with van der Waals surface area (Å²) in [6, 6.07) is 0. The van der Waals surface area contributed by atoms with Crippen LogP contribution < -0.4 is 10.2 Å². The van der Waals surface area contributed by atoms with Gasteiger partial charge in [0.15, 0.2) is 0 Å². The summed E-state index contributed by atoms with van der Waals surface area (Å²) in [7, 11) is 0. The summed E-state index contributed by atoms with van der Waals surface area (Å²) < 4.78 is 0. The molecule has 156 valence electrons. The fourth-order valence-corrected chi connectivity index (χ4v) is 1.32. The van der Waals surface area contributed by atoms with Gasteiger partial charge in [0.25, 0.3) is 0 Å². The number of carboxylic acids is 2. The third-order valence-corrected chi connectivity index (χ3v) is 2.99. The van der Waals surface area contributed by atoms with Crippen molar-refractivity contribution in [2.24, 2.45) is 0 Å². The molecule has 0 aromatic heterocycles. The molecule has 0 aliphatic heterocycles. The Kier molecular flexibility index (Phi) is 18.3. The number of aliphatic hydroxyl groups is 10. The summed E-state index contributed by atoms with van der Waals surface area (Å²) >= 11 is 0. The fourth-order valence-electron chi connectivity index (χ4n) is 1.32. The Balaban J connectivity index is -0.000000411. The zero-order chi connectivity index (χ0) is 21.2. The quantitative estimate of drug-likeness (QED) is 0.144. The van der Waals surface area contributed by atoms with Gasteiger partial charge < -0.3 is 70.9 Å². The molecular formula is C12H22CaO14. The van der Waals surface area contributed by atoms with Crippen LogP contribution in [-0.4, -0.2) is 163 Å². The second-order valence-corrected chi connectivity index (χ2v) is 4.99. The molecule has 10 N–H and O–H groups in total. The van der Waals surface area contributed by atoms with Gasteiger partial charge in [-0.25, -0.2) is 0 Å². The summed E-state index contributed by atoms with van der Waals surface area (Å²) in [5.74, 6) is -3.95. The van der Waals surface area contributed by atoms with E-state index in [0.29, 0.717) is 0 Å². The van der Waals surface area contributed by atoms with Crippen molar-refractivity contribution < 1.29 is 70.9 Å². The first-order valence-electron chi connectivity index (χ1n) is 6.91. The largest absolute Gasteiger partial charge is 2.00 e. The molecule has 0 saturated heterocycles. The number of hydrogen-bond acceptors (Lipinski definition) is 14. The number of carbonyl (C=O) groups is 2. The molecule has 8 atom stereocenters. The normalized spacial score (nSPS) is 19.6. The number of hydrogen-bond donors (Lipinski definition) is 10. The third-order valence-electron chi connectivity index (χ3n) is 2.99. The Morgan fingerprint density at radius 1 is 0.593 bits per heavy atom. The van der Waals surface area contributed by atoms with Crippen molar-refractivity contribution in [3.63, 3.8) is 0 Å². The summed E-state index contributed by atoms with van der Waals surface area (Å²) in [5, 5.41) is 107. The summed E-state index contributed by atoms with van der Waals surface area (Å²) in [4.78, 5) is 20.0. The number of aliphatic carboxylic acids is 2. The number of rotatable bonds is 10. The average molecular weight is 430 g/mol. The number of aliphatic hydroxyl groups excluding tert-OH is 10. The van der Waals surface area contributed by atoms with Crippen molar-refractivity contribution in [3.05, 3.63) is 0 Å². The smallest absolute Gasteiger partial charge is 0.547 e. The minimum Gasteiger partial charge on any atom is -0.547 e. The van der Waals surface area contributed by atoms with Crippen molar-refractivity contribution >= 4 is 49.7 Å². The Morgan fingerprint density at radius 3 is 0.963 bits per heavy atom. The van der Waals surface area contributed by atoms with E-state index in [0.717, 1.165) is 0 Å². The molecule has 0 bridgehead atoms. The van der Waals surface area contributed by atoms with Crippen LogP contribution in [0.5, 0.6) is 0 Å². The minimum atomic E-state index is -2.31. The molecule has 0 radical (unpaired) electrons. The molecule has 0 aliphatic rings. The van der Waals surface area contributed by atoms with Gasteiger partial charge in [0.05, 0.1) is 25.2 Å². The van der Waals surface area contributed by atoms with E-state index in [4.69, 9.17) is 51.1 Å².